The van der Waals surface area contributed by atoms with Crippen molar-refractivity contribution in [3.05, 3.63) is 18.7 Å². The second-order valence-corrected chi connectivity index (χ2v) is 4.11. The van der Waals surface area contributed by atoms with Gasteiger partial charge in [0.1, 0.15) is 12.2 Å². The van der Waals surface area contributed by atoms with Gasteiger partial charge in [-0.05, 0) is 20.8 Å². The van der Waals surface area contributed by atoms with Crippen LogP contribution in [0.15, 0.2) is 18.7 Å². The molecule has 0 aliphatic rings. The first-order valence-electron chi connectivity index (χ1n) is 4.79. The van der Waals surface area contributed by atoms with Crippen LogP contribution in [0.25, 0.3) is 0 Å². The smallest absolute Gasteiger partial charge is 0.432 e. The van der Waals surface area contributed by atoms with Crippen molar-refractivity contribution in [1.29, 1.82) is 0 Å². The van der Waals surface area contributed by atoms with E-state index in [9.17, 15) is 4.79 Å². The van der Waals surface area contributed by atoms with E-state index in [1.54, 1.807) is 39.5 Å². The Kier molecular flexibility index (Phi) is 3.71. The Morgan fingerprint density at radius 3 is 2.73 bits per heavy atom. The van der Waals surface area contributed by atoms with Crippen LogP contribution < -0.4 is 0 Å². The summed E-state index contributed by atoms with van der Waals surface area (Å²) in [6.45, 7) is 6.25. The Morgan fingerprint density at radius 1 is 1.47 bits per heavy atom. The predicted octanol–water partition coefficient (Wildman–Crippen LogP) is 1.83. The van der Waals surface area contributed by atoms with Crippen molar-refractivity contribution in [2.75, 3.05) is 6.61 Å². The van der Waals surface area contributed by atoms with Gasteiger partial charge in [0.05, 0.1) is 12.9 Å². The van der Waals surface area contributed by atoms with Crippen LogP contribution in [0.5, 0.6) is 0 Å². The first kappa shape index (κ1) is 11.6. The van der Waals surface area contributed by atoms with Crippen LogP contribution in [0.1, 0.15) is 20.8 Å². The van der Waals surface area contributed by atoms with Crippen LogP contribution >= 0.6 is 0 Å². The highest BCUT2D eigenvalue weighted by Crippen LogP contribution is 2.07. The van der Waals surface area contributed by atoms with Gasteiger partial charge in [-0.15, -0.1) is 0 Å². The highest BCUT2D eigenvalue weighted by molar-refractivity contribution is 5.60. The van der Waals surface area contributed by atoms with Gasteiger partial charge >= 0.3 is 6.16 Å². The molecule has 1 aromatic heterocycles. The number of imidazole rings is 1. The summed E-state index contributed by atoms with van der Waals surface area (Å²) in [7, 11) is 0. The maximum absolute atomic E-state index is 11.1. The summed E-state index contributed by atoms with van der Waals surface area (Å²) in [6.07, 6.45) is 4.51. The van der Waals surface area contributed by atoms with E-state index in [2.05, 4.69) is 4.98 Å². The minimum absolute atomic E-state index is 0.283. The van der Waals surface area contributed by atoms with Gasteiger partial charge < -0.3 is 14.0 Å². The first-order chi connectivity index (χ1) is 6.97. The molecule has 0 saturated heterocycles. The quantitative estimate of drug-likeness (QED) is 0.717. The average molecular weight is 212 g/mol. The molecular formula is C10H16N2O3. The summed E-state index contributed by atoms with van der Waals surface area (Å²) in [5.41, 5.74) is -0.508. The molecule has 0 fully saturated rings. The van der Waals surface area contributed by atoms with Gasteiger partial charge in [-0.25, -0.2) is 9.78 Å². The van der Waals surface area contributed by atoms with E-state index in [1.807, 2.05) is 4.57 Å². The Labute approximate surface area is 89.0 Å². The van der Waals surface area contributed by atoms with Crippen LogP contribution in [-0.4, -0.2) is 27.9 Å². The molecule has 1 aromatic rings. The fraction of sp³-hybridized carbons (Fsp3) is 0.600. The fourth-order valence-electron chi connectivity index (χ4n) is 0.933. The normalized spacial score (nSPS) is 11.1. The molecule has 0 saturated carbocycles. The minimum atomic E-state index is -0.636. The molecule has 1 rings (SSSR count). The summed E-state index contributed by atoms with van der Waals surface area (Å²) in [5.74, 6) is 0. The monoisotopic (exact) mass is 212 g/mol. The van der Waals surface area contributed by atoms with E-state index >= 15 is 0 Å². The summed E-state index contributed by atoms with van der Waals surface area (Å²) in [4.78, 5) is 15.0. The second-order valence-electron chi connectivity index (χ2n) is 4.11. The van der Waals surface area contributed by atoms with E-state index in [1.165, 1.54) is 0 Å². The molecule has 0 amide bonds. The molecule has 0 N–H and O–H groups in total. The van der Waals surface area contributed by atoms with Gasteiger partial charge in [0.25, 0.3) is 0 Å². The van der Waals surface area contributed by atoms with Crippen LogP contribution in [-0.2, 0) is 16.0 Å². The number of carbonyl (C=O) groups excluding carboxylic acids is 1. The van der Waals surface area contributed by atoms with Crippen LogP contribution in [0, 0.1) is 0 Å². The molecule has 0 unspecified atom stereocenters. The third-order valence-corrected chi connectivity index (χ3v) is 1.52. The first-order valence-corrected chi connectivity index (χ1v) is 4.79. The number of hydrogen-bond donors (Lipinski definition) is 0. The Balaban J connectivity index is 2.18. The number of rotatable bonds is 3. The molecule has 15 heavy (non-hydrogen) atoms. The molecular weight excluding hydrogens is 196 g/mol. The largest absolute Gasteiger partial charge is 0.508 e. The molecule has 5 nitrogen and oxygen atoms in total. The standard InChI is InChI=1S/C10H16N2O3/c1-10(2,3)15-9(13)14-7-6-12-5-4-11-8-12/h4-5,8H,6-7H2,1-3H3. The van der Waals surface area contributed by atoms with Crippen molar-refractivity contribution >= 4 is 6.16 Å². The highest BCUT2D eigenvalue weighted by atomic mass is 16.7. The molecule has 1 heterocycles. The lowest BCUT2D eigenvalue weighted by Gasteiger charge is -2.18. The lowest BCUT2D eigenvalue weighted by atomic mass is 10.2. The fourth-order valence-corrected chi connectivity index (χ4v) is 0.933. The lowest BCUT2D eigenvalue weighted by molar-refractivity contribution is -0.00830. The Hall–Kier alpha value is -1.52. The number of aromatic nitrogens is 2. The van der Waals surface area contributed by atoms with Crippen LogP contribution in [0.4, 0.5) is 4.79 Å². The zero-order valence-corrected chi connectivity index (χ0v) is 9.27. The molecule has 0 aliphatic carbocycles. The van der Waals surface area contributed by atoms with Gasteiger partial charge in [0.2, 0.25) is 0 Å². The van der Waals surface area contributed by atoms with Gasteiger partial charge in [0.15, 0.2) is 0 Å². The molecule has 0 aliphatic heterocycles. The van der Waals surface area contributed by atoms with E-state index in [-0.39, 0.29) is 6.61 Å². The SMILES string of the molecule is CC(C)(C)OC(=O)OCCn1ccnc1. The predicted molar refractivity (Wildman–Crippen MR) is 54.4 cm³/mol. The third kappa shape index (κ3) is 5.05. The van der Waals surface area contributed by atoms with Crippen molar-refractivity contribution < 1.29 is 14.3 Å². The third-order valence-electron chi connectivity index (χ3n) is 1.52. The van der Waals surface area contributed by atoms with Gasteiger partial charge in [-0.3, -0.25) is 0 Å². The maximum Gasteiger partial charge on any atom is 0.508 e. The zero-order valence-electron chi connectivity index (χ0n) is 9.27. The van der Waals surface area contributed by atoms with Crippen molar-refractivity contribution in [3.8, 4) is 0 Å². The molecule has 0 spiro atoms. The van der Waals surface area contributed by atoms with Gasteiger partial charge in [0, 0.05) is 12.4 Å². The average Bonchev–Trinajstić information content (AvgIpc) is 2.53. The topological polar surface area (TPSA) is 53.4 Å². The second kappa shape index (κ2) is 4.82. The Bertz CT molecular complexity index is 301. The van der Waals surface area contributed by atoms with E-state index in [4.69, 9.17) is 9.47 Å². The van der Waals surface area contributed by atoms with Crippen molar-refractivity contribution in [1.82, 2.24) is 9.55 Å². The zero-order chi connectivity index (χ0) is 11.3. The Morgan fingerprint density at radius 2 is 2.20 bits per heavy atom. The molecule has 0 bridgehead atoms. The summed E-state index contributed by atoms with van der Waals surface area (Å²) in [6, 6.07) is 0. The highest BCUT2D eigenvalue weighted by Gasteiger charge is 2.16. The summed E-state index contributed by atoms with van der Waals surface area (Å²) >= 11 is 0. The number of hydrogen-bond acceptors (Lipinski definition) is 4. The number of nitrogens with zero attached hydrogens (tertiary/aromatic N) is 2. The summed E-state index contributed by atoms with van der Waals surface area (Å²) < 4.78 is 11.7. The van der Waals surface area contributed by atoms with Crippen molar-refractivity contribution in [2.45, 2.75) is 32.9 Å². The van der Waals surface area contributed by atoms with E-state index in [0.29, 0.717) is 6.54 Å². The molecule has 84 valence electrons. The van der Waals surface area contributed by atoms with Gasteiger partial charge in [-0.1, -0.05) is 0 Å². The van der Waals surface area contributed by atoms with Crippen molar-refractivity contribution in [3.63, 3.8) is 0 Å². The minimum Gasteiger partial charge on any atom is -0.432 e. The van der Waals surface area contributed by atoms with Crippen molar-refractivity contribution in [2.24, 2.45) is 0 Å². The van der Waals surface area contributed by atoms with E-state index in [0.717, 1.165) is 0 Å². The van der Waals surface area contributed by atoms with Crippen LogP contribution in [0.2, 0.25) is 0 Å². The molecule has 0 aromatic carbocycles. The van der Waals surface area contributed by atoms with Gasteiger partial charge in [-0.2, -0.15) is 0 Å². The van der Waals surface area contributed by atoms with Crippen LogP contribution in [0.3, 0.4) is 0 Å². The maximum atomic E-state index is 11.1. The molecule has 0 radical (unpaired) electrons. The lowest BCUT2D eigenvalue weighted by Crippen LogP contribution is -2.25. The molecule has 0 atom stereocenters. The number of carbonyl (C=O) groups is 1. The molecule has 5 heteroatoms. The number of ether oxygens (including phenoxy) is 2. The summed E-state index contributed by atoms with van der Waals surface area (Å²) in [5, 5.41) is 0. The van der Waals surface area contributed by atoms with E-state index < -0.39 is 11.8 Å².